The number of benzene rings is 2. The van der Waals surface area contributed by atoms with Crippen LogP contribution in [0.2, 0.25) is 5.02 Å². The molecule has 0 radical (unpaired) electrons. The Balaban J connectivity index is 2.17. The fraction of sp³-hybridized carbons (Fsp3) is 0.188. The summed E-state index contributed by atoms with van der Waals surface area (Å²) in [5.74, 6) is -0.774. The summed E-state index contributed by atoms with van der Waals surface area (Å²) in [7, 11) is 0. The van der Waals surface area contributed by atoms with Crippen LogP contribution in [0.25, 0.3) is 0 Å². The summed E-state index contributed by atoms with van der Waals surface area (Å²) in [4.78, 5) is 12.2. The normalized spacial score (nSPS) is 12.0. The first-order chi connectivity index (χ1) is 9.49. The van der Waals surface area contributed by atoms with Crippen LogP contribution in [0.4, 0.5) is 4.39 Å². The monoisotopic (exact) mass is 291 g/mol. The van der Waals surface area contributed by atoms with Gasteiger partial charge in [-0.1, -0.05) is 35.9 Å². The number of aryl methyl sites for hydroxylation is 1. The van der Waals surface area contributed by atoms with Crippen LogP contribution in [0.5, 0.6) is 0 Å². The zero-order chi connectivity index (χ0) is 14.7. The molecule has 2 rings (SSSR count). The lowest BCUT2D eigenvalue weighted by Crippen LogP contribution is -2.27. The van der Waals surface area contributed by atoms with Crippen LogP contribution in [0.15, 0.2) is 42.5 Å². The maximum absolute atomic E-state index is 13.0. The lowest BCUT2D eigenvalue weighted by Gasteiger charge is -2.17. The first-order valence-corrected chi connectivity index (χ1v) is 6.68. The molecule has 0 aliphatic rings. The van der Waals surface area contributed by atoms with Crippen molar-refractivity contribution in [3.05, 3.63) is 70.0 Å². The highest BCUT2D eigenvalue weighted by Gasteiger charge is 2.15. The van der Waals surface area contributed by atoms with Crippen LogP contribution in [0.1, 0.15) is 34.5 Å². The lowest BCUT2D eigenvalue weighted by atomic mass is 10.0. The molecule has 0 saturated carbocycles. The average molecular weight is 292 g/mol. The smallest absolute Gasteiger partial charge is 0.253 e. The van der Waals surface area contributed by atoms with Gasteiger partial charge in [-0.15, -0.1) is 0 Å². The standard InChI is InChI=1S/C16H15ClFNO/c1-10-5-3-4-6-13(10)11(2)19-16(20)14-8-7-12(18)9-15(14)17/h3-9,11H,1-2H3,(H,19,20). The average Bonchev–Trinajstić information content (AvgIpc) is 2.38. The minimum Gasteiger partial charge on any atom is -0.345 e. The third-order valence-corrected chi connectivity index (χ3v) is 3.49. The highest BCUT2D eigenvalue weighted by molar-refractivity contribution is 6.33. The van der Waals surface area contributed by atoms with E-state index in [0.29, 0.717) is 0 Å². The van der Waals surface area contributed by atoms with Gasteiger partial charge in [0.1, 0.15) is 5.82 Å². The second-order valence-corrected chi connectivity index (χ2v) is 5.08. The van der Waals surface area contributed by atoms with Crippen LogP contribution in [-0.4, -0.2) is 5.91 Å². The topological polar surface area (TPSA) is 29.1 Å². The minimum absolute atomic E-state index is 0.111. The van der Waals surface area contributed by atoms with E-state index in [1.165, 1.54) is 12.1 Å². The summed E-state index contributed by atoms with van der Waals surface area (Å²) in [5.41, 5.74) is 2.41. The Bertz CT molecular complexity index is 642. The van der Waals surface area contributed by atoms with Crippen molar-refractivity contribution < 1.29 is 9.18 Å². The Morgan fingerprint density at radius 2 is 1.95 bits per heavy atom. The van der Waals surface area contributed by atoms with Gasteiger partial charge in [-0.2, -0.15) is 0 Å². The van der Waals surface area contributed by atoms with Gasteiger partial charge in [-0.05, 0) is 43.2 Å². The molecule has 0 bridgehead atoms. The van der Waals surface area contributed by atoms with Crippen LogP contribution in [-0.2, 0) is 0 Å². The number of rotatable bonds is 3. The molecule has 0 heterocycles. The second-order valence-electron chi connectivity index (χ2n) is 4.68. The zero-order valence-corrected chi connectivity index (χ0v) is 12.0. The zero-order valence-electron chi connectivity index (χ0n) is 11.3. The molecule has 0 spiro atoms. The highest BCUT2D eigenvalue weighted by Crippen LogP contribution is 2.20. The van der Waals surface area contributed by atoms with Gasteiger partial charge in [-0.25, -0.2) is 4.39 Å². The summed E-state index contributed by atoms with van der Waals surface area (Å²) < 4.78 is 13.0. The molecule has 0 aliphatic carbocycles. The molecule has 4 heteroatoms. The van der Waals surface area contributed by atoms with Crippen molar-refractivity contribution in [3.8, 4) is 0 Å². The van der Waals surface area contributed by atoms with Crippen molar-refractivity contribution in [1.82, 2.24) is 5.32 Å². The molecule has 0 fully saturated rings. The largest absolute Gasteiger partial charge is 0.345 e. The number of hydrogen-bond donors (Lipinski definition) is 1. The predicted octanol–water partition coefficient (Wildman–Crippen LogP) is 4.28. The van der Waals surface area contributed by atoms with Gasteiger partial charge in [0.15, 0.2) is 0 Å². The summed E-state index contributed by atoms with van der Waals surface area (Å²) in [6.07, 6.45) is 0. The van der Waals surface area contributed by atoms with E-state index in [4.69, 9.17) is 11.6 Å². The first-order valence-electron chi connectivity index (χ1n) is 6.30. The van der Waals surface area contributed by atoms with Crippen LogP contribution < -0.4 is 5.32 Å². The van der Waals surface area contributed by atoms with E-state index >= 15 is 0 Å². The maximum atomic E-state index is 13.0. The number of nitrogens with one attached hydrogen (secondary N) is 1. The number of carbonyl (C=O) groups excluding carboxylic acids is 1. The summed E-state index contributed by atoms with van der Waals surface area (Å²) in [5, 5.41) is 2.98. The Kier molecular flexibility index (Phi) is 4.40. The van der Waals surface area contributed by atoms with E-state index in [-0.39, 0.29) is 22.5 Å². The molecule has 0 saturated heterocycles. The predicted molar refractivity (Wildman–Crippen MR) is 78.5 cm³/mol. The van der Waals surface area contributed by atoms with Gasteiger partial charge in [0.25, 0.3) is 5.91 Å². The van der Waals surface area contributed by atoms with Crippen molar-refractivity contribution in [3.63, 3.8) is 0 Å². The number of amides is 1. The molecule has 2 aromatic rings. The fourth-order valence-corrected chi connectivity index (χ4v) is 2.35. The third-order valence-electron chi connectivity index (χ3n) is 3.18. The van der Waals surface area contributed by atoms with E-state index in [0.717, 1.165) is 17.2 Å². The fourth-order valence-electron chi connectivity index (χ4n) is 2.10. The van der Waals surface area contributed by atoms with Crippen molar-refractivity contribution in [2.24, 2.45) is 0 Å². The summed E-state index contributed by atoms with van der Waals surface area (Å²) in [6.45, 7) is 3.89. The Morgan fingerprint density at radius 1 is 1.25 bits per heavy atom. The molecule has 0 aliphatic heterocycles. The van der Waals surface area contributed by atoms with Gasteiger partial charge >= 0.3 is 0 Å². The van der Waals surface area contributed by atoms with Gasteiger partial charge in [0.05, 0.1) is 16.6 Å². The molecule has 1 N–H and O–H groups in total. The molecule has 2 aromatic carbocycles. The molecule has 1 atom stereocenters. The maximum Gasteiger partial charge on any atom is 0.253 e. The van der Waals surface area contributed by atoms with Crippen LogP contribution in [0, 0.1) is 12.7 Å². The molecular weight excluding hydrogens is 277 g/mol. The quantitative estimate of drug-likeness (QED) is 0.898. The highest BCUT2D eigenvalue weighted by atomic mass is 35.5. The van der Waals surface area contributed by atoms with E-state index in [9.17, 15) is 9.18 Å². The number of carbonyl (C=O) groups is 1. The van der Waals surface area contributed by atoms with E-state index in [1.54, 1.807) is 0 Å². The molecule has 0 aromatic heterocycles. The Hall–Kier alpha value is -1.87. The van der Waals surface area contributed by atoms with Crippen molar-refractivity contribution in [1.29, 1.82) is 0 Å². The molecule has 1 unspecified atom stereocenters. The van der Waals surface area contributed by atoms with Crippen LogP contribution in [0.3, 0.4) is 0 Å². The first kappa shape index (κ1) is 14.5. The van der Waals surface area contributed by atoms with Gasteiger partial charge < -0.3 is 5.32 Å². The molecule has 20 heavy (non-hydrogen) atoms. The van der Waals surface area contributed by atoms with Crippen molar-refractivity contribution in [2.75, 3.05) is 0 Å². The van der Waals surface area contributed by atoms with Crippen molar-refractivity contribution in [2.45, 2.75) is 19.9 Å². The molecule has 104 valence electrons. The Labute approximate surface area is 122 Å². The molecule has 2 nitrogen and oxygen atoms in total. The molecule has 1 amide bonds. The summed E-state index contributed by atoms with van der Waals surface area (Å²) >= 11 is 5.88. The number of halogens is 2. The van der Waals surface area contributed by atoms with E-state index in [1.807, 2.05) is 38.1 Å². The number of hydrogen-bond acceptors (Lipinski definition) is 1. The Morgan fingerprint density at radius 3 is 2.60 bits per heavy atom. The molecular formula is C16H15ClFNO. The van der Waals surface area contributed by atoms with Gasteiger partial charge in [-0.3, -0.25) is 4.79 Å². The van der Waals surface area contributed by atoms with E-state index < -0.39 is 5.82 Å². The third kappa shape index (κ3) is 3.17. The minimum atomic E-state index is -0.460. The van der Waals surface area contributed by atoms with E-state index in [2.05, 4.69) is 5.32 Å². The van der Waals surface area contributed by atoms with Gasteiger partial charge in [0.2, 0.25) is 0 Å². The van der Waals surface area contributed by atoms with Crippen LogP contribution >= 0.6 is 11.6 Å². The SMILES string of the molecule is Cc1ccccc1C(C)NC(=O)c1ccc(F)cc1Cl. The van der Waals surface area contributed by atoms with Gasteiger partial charge in [0, 0.05) is 0 Å². The summed E-state index contributed by atoms with van der Waals surface area (Å²) in [6, 6.07) is 11.4. The van der Waals surface area contributed by atoms with Crippen molar-refractivity contribution >= 4 is 17.5 Å². The second kappa shape index (κ2) is 6.06. The lowest BCUT2D eigenvalue weighted by molar-refractivity contribution is 0.0940.